The molecule has 0 amide bonds. The van der Waals surface area contributed by atoms with Crippen molar-refractivity contribution >= 4 is 24.0 Å². The van der Waals surface area contributed by atoms with Gasteiger partial charge >= 0.3 is 0 Å². The summed E-state index contributed by atoms with van der Waals surface area (Å²) in [6, 6.07) is 3.28. The number of phenols is 1. The molecule has 1 saturated heterocycles. The van der Waals surface area contributed by atoms with Crippen molar-refractivity contribution in [2.75, 3.05) is 39.9 Å². The molecule has 20 heavy (non-hydrogen) atoms. The van der Waals surface area contributed by atoms with E-state index >= 15 is 0 Å². The predicted octanol–water partition coefficient (Wildman–Crippen LogP) is 1.41. The smallest absolute Gasteiger partial charge is 0.176 e. The first-order chi connectivity index (χ1) is 9.17. The second-order valence-corrected chi connectivity index (χ2v) is 4.95. The molecule has 5 nitrogen and oxygen atoms in total. The third-order valence-corrected chi connectivity index (χ3v) is 3.71. The molecule has 1 aliphatic heterocycles. The molecule has 1 atom stereocenters. The highest BCUT2D eigenvalue weighted by molar-refractivity contribution is 6.32. The first-order valence-corrected chi connectivity index (χ1v) is 6.67. The van der Waals surface area contributed by atoms with Crippen LogP contribution in [0.4, 0.5) is 0 Å². The van der Waals surface area contributed by atoms with Gasteiger partial charge in [0.1, 0.15) is 0 Å². The SMILES string of the molecule is COc1cc([C@@H](CO)N2CCNCC2)cc(Cl)c1O.Cl. The molecule has 1 aliphatic rings. The maximum absolute atomic E-state index is 9.74. The molecule has 0 unspecified atom stereocenters. The minimum atomic E-state index is -0.130. The molecule has 0 saturated carbocycles. The number of methoxy groups -OCH3 is 1. The number of hydrogen-bond acceptors (Lipinski definition) is 5. The topological polar surface area (TPSA) is 65.0 Å². The quantitative estimate of drug-likeness (QED) is 0.782. The van der Waals surface area contributed by atoms with Gasteiger partial charge in [-0.3, -0.25) is 4.90 Å². The highest BCUT2D eigenvalue weighted by atomic mass is 35.5. The highest BCUT2D eigenvalue weighted by Gasteiger charge is 2.23. The fraction of sp³-hybridized carbons (Fsp3) is 0.538. The second kappa shape index (κ2) is 7.90. The van der Waals surface area contributed by atoms with Gasteiger partial charge in [0.15, 0.2) is 11.5 Å². The summed E-state index contributed by atoms with van der Waals surface area (Å²) in [7, 11) is 1.48. The van der Waals surface area contributed by atoms with E-state index in [9.17, 15) is 10.2 Å². The molecular weight excluding hydrogens is 303 g/mol. The number of ether oxygens (including phenoxy) is 1. The van der Waals surface area contributed by atoms with Gasteiger partial charge in [-0.2, -0.15) is 0 Å². The van der Waals surface area contributed by atoms with Crippen LogP contribution in [0.1, 0.15) is 11.6 Å². The highest BCUT2D eigenvalue weighted by Crippen LogP contribution is 2.37. The van der Waals surface area contributed by atoms with Gasteiger partial charge in [-0.15, -0.1) is 12.4 Å². The van der Waals surface area contributed by atoms with Crippen molar-refractivity contribution < 1.29 is 14.9 Å². The van der Waals surface area contributed by atoms with Crippen molar-refractivity contribution in [3.63, 3.8) is 0 Å². The molecule has 0 spiro atoms. The molecule has 1 heterocycles. The van der Waals surface area contributed by atoms with Crippen molar-refractivity contribution in [2.45, 2.75) is 6.04 Å². The van der Waals surface area contributed by atoms with Gasteiger partial charge in [0.25, 0.3) is 0 Å². The van der Waals surface area contributed by atoms with Crippen LogP contribution in [-0.4, -0.2) is 55.0 Å². The number of rotatable bonds is 4. The number of nitrogens with zero attached hydrogens (tertiary/aromatic N) is 1. The summed E-state index contributed by atoms with van der Waals surface area (Å²) in [5.41, 5.74) is 0.851. The number of nitrogens with one attached hydrogen (secondary N) is 1. The van der Waals surface area contributed by atoms with E-state index in [-0.39, 0.29) is 35.8 Å². The van der Waals surface area contributed by atoms with Crippen molar-refractivity contribution in [1.29, 1.82) is 0 Å². The number of aliphatic hydroxyl groups is 1. The minimum Gasteiger partial charge on any atom is -0.503 e. The maximum atomic E-state index is 9.74. The first-order valence-electron chi connectivity index (χ1n) is 6.29. The van der Waals surface area contributed by atoms with Gasteiger partial charge < -0.3 is 20.3 Å². The third-order valence-electron chi connectivity index (χ3n) is 3.42. The van der Waals surface area contributed by atoms with E-state index < -0.39 is 0 Å². The van der Waals surface area contributed by atoms with Crippen LogP contribution >= 0.6 is 24.0 Å². The van der Waals surface area contributed by atoms with Gasteiger partial charge in [-0.1, -0.05) is 11.6 Å². The summed E-state index contributed by atoms with van der Waals surface area (Å²) < 4.78 is 5.10. The lowest BCUT2D eigenvalue weighted by molar-refractivity contribution is 0.110. The Morgan fingerprint density at radius 3 is 2.60 bits per heavy atom. The second-order valence-electron chi connectivity index (χ2n) is 4.54. The van der Waals surface area contributed by atoms with E-state index in [0.717, 1.165) is 31.7 Å². The van der Waals surface area contributed by atoms with Crippen LogP contribution < -0.4 is 10.1 Å². The molecule has 0 bridgehead atoms. The Hall–Kier alpha value is -0.720. The monoisotopic (exact) mass is 322 g/mol. The molecule has 0 aliphatic carbocycles. The molecule has 3 N–H and O–H groups in total. The normalized spacial score (nSPS) is 17.4. The van der Waals surface area contributed by atoms with Gasteiger partial charge in [-0.25, -0.2) is 0 Å². The van der Waals surface area contributed by atoms with Crippen molar-refractivity contribution in [3.05, 3.63) is 22.7 Å². The summed E-state index contributed by atoms with van der Waals surface area (Å²) in [4.78, 5) is 2.19. The Morgan fingerprint density at radius 2 is 2.05 bits per heavy atom. The molecule has 114 valence electrons. The molecule has 7 heteroatoms. The largest absolute Gasteiger partial charge is 0.503 e. The Balaban J connectivity index is 0.00000200. The zero-order valence-electron chi connectivity index (χ0n) is 11.3. The summed E-state index contributed by atoms with van der Waals surface area (Å²) in [5.74, 6) is 0.265. The van der Waals surface area contributed by atoms with Gasteiger partial charge in [0.05, 0.1) is 24.8 Å². The molecule has 1 aromatic carbocycles. The first kappa shape index (κ1) is 17.3. The predicted molar refractivity (Wildman–Crippen MR) is 81.2 cm³/mol. The molecule has 1 aromatic rings. The van der Waals surface area contributed by atoms with Crippen LogP contribution in [0.25, 0.3) is 0 Å². The Morgan fingerprint density at radius 1 is 1.40 bits per heavy atom. The van der Waals surface area contributed by atoms with Crippen LogP contribution in [0.2, 0.25) is 5.02 Å². The summed E-state index contributed by atoms with van der Waals surface area (Å²) >= 11 is 6.00. The fourth-order valence-electron chi connectivity index (χ4n) is 2.37. The minimum absolute atomic E-state index is 0. The van der Waals surface area contributed by atoms with Crippen molar-refractivity contribution in [2.24, 2.45) is 0 Å². The maximum Gasteiger partial charge on any atom is 0.176 e. The standard InChI is InChI=1S/C13H19ClN2O3.ClH/c1-19-12-7-9(6-10(14)13(12)18)11(8-17)16-4-2-15-3-5-16;/h6-7,11,15,17-18H,2-5,8H2,1H3;1H/t11-;/m1./s1. The summed E-state index contributed by atoms with van der Waals surface area (Å²) in [6.07, 6.45) is 0. The number of aromatic hydroxyl groups is 1. The van der Waals surface area contributed by atoms with Crippen LogP contribution in [0.15, 0.2) is 12.1 Å². The van der Waals surface area contributed by atoms with Crippen LogP contribution in [0, 0.1) is 0 Å². The van der Waals surface area contributed by atoms with E-state index in [2.05, 4.69) is 10.2 Å². The number of aliphatic hydroxyl groups excluding tert-OH is 1. The van der Waals surface area contributed by atoms with Crippen molar-refractivity contribution in [1.82, 2.24) is 10.2 Å². The third kappa shape index (κ3) is 3.68. The van der Waals surface area contributed by atoms with Gasteiger partial charge in [0, 0.05) is 26.2 Å². The summed E-state index contributed by atoms with van der Waals surface area (Å²) in [5, 5.41) is 22.9. The number of piperazine rings is 1. The molecule has 1 fully saturated rings. The van der Waals surface area contributed by atoms with E-state index in [1.165, 1.54) is 7.11 Å². The Kier molecular flexibility index (Phi) is 6.85. The lowest BCUT2D eigenvalue weighted by Crippen LogP contribution is -2.46. The number of phenolic OH excluding ortho intramolecular Hbond substituents is 1. The van der Waals surface area contributed by atoms with E-state index in [1.807, 2.05) is 0 Å². The zero-order valence-corrected chi connectivity index (χ0v) is 12.9. The van der Waals surface area contributed by atoms with Gasteiger partial charge in [0.2, 0.25) is 0 Å². The van der Waals surface area contributed by atoms with Crippen LogP contribution in [-0.2, 0) is 0 Å². The average Bonchev–Trinajstić information content (AvgIpc) is 2.44. The van der Waals surface area contributed by atoms with E-state index in [4.69, 9.17) is 16.3 Å². The van der Waals surface area contributed by atoms with E-state index in [0.29, 0.717) is 5.75 Å². The number of hydrogen-bond donors (Lipinski definition) is 3. The molecular formula is C13H20Cl2N2O3. The zero-order chi connectivity index (χ0) is 13.8. The lowest BCUT2D eigenvalue weighted by Gasteiger charge is -2.34. The lowest BCUT2D eigenvalue weighted by atomic mass is 10.0. The van der Waals surface area contributed by atoms with Gasteiger partial charge in [-0.05, 0) is 17.7 Å². The molecule has 2 rings (SSSR count). The van der Waals surface area contributed by atoms with Crippen molar-refractivity contribution in [3.8, 4) is 11.5 Å². The number of benzene rings is 1. The molecule has 0 aromatic heterocycles. The fourth-order valence-corrected chi connectivity index (χ4v) is 2.59. The average molecular weight is 323 g/mol. The number of halogens is 2. The van der Waals surface area contributed by atoms with E-state index in [1.54, 1.807) is 12.1 Å². The Labute approximate surface area is 129 Å². The molecule has 0 radical (unpaired) electrons. The summed E-state index contributed by atoms with van der Waals surface area (Å²) in [6.45, 7) is 3.54. The van der Waals surface area contributed by atoms with Crippen LogP contribution in [0.3, 0.4) is 0 Å². The van der Waals surface area contributed by atoms with Crippen LogP contribution in [0.5, 0.6) is 11.5 Å². The Bertz CT molecular complexity index is 440.